The molecule has 0 rings (SSSR count). The van der Waals surface area contributed by atoms with E-state index in [2.05, 4.69) is 22.0 Å². The van der Waals surface area contributed by atoms with Crippen molar-refractivity contribution in [1.29, 1.82) is 10.8 Å². The van der Waals surface area contributed by atoms with Gasteiger partial charge in [0.25, 0.3) is 0 Å². The zero-order valence-corrected chi connectivity index (χ0v) is 11.4. The number of rotatable bonds is 13. The summed E-state index contributed by atoms with van der Waals surface area (Å²) in [6.45, 7) is 1.53. The van der Waals surface area contributed by atoms with E-state index in [4.69, 9.17) is 10.8 Å². The Labute approximate surface area is 111 Å². The van der Waals surface area contributed by atoms with Crippen LogP contribution in [0.25, 0.3) is 0 Å². The number of hydrogen-bond acceptors (Lipinski definition) is 4. The van der Waals surface area contributed by atoms with E-state index in [9.17, 15) is 0 Å². The monoisotopic (exact) mass is 250 g/mol. The molecular formula is C14H26N4. The zero-order chi connectivity index (χ0) is 13.3. The second kappa shape index (κ2) is 15.8. The summed E-state index contributed by atoms with van der Waals surface area (Å²) in [5.41, 5.74) is 0. The molecule has 0 unspecified atom stereocenters. The molecule has 0 fully saturated rings. The van der Waals surface area contributed by atoms with Crippen molar-refractivity contribution in [2.24, 2.45) is 9.98 Å². The summed E-state index contributed by atoms with van der Waals surface area (Å²) in [6, 6.07) is 4.13. The third kappa shape index (κ3) is 14.8. The van der Waals surface area contributed by atoms with Crippen molar-refractivity contribution in [3.05, 3.63) is 0 Å². The van der Waals surface area contributed by atoms with Gasteiger partial charge in [0.1, 0.15) is 0 Å². The van der Waals surface area contributed by atoms with Crippen LogP contribution in [0.5, 0.6) is 0 Å². The molecule has 0 aliphatic heterocycles. The van der Waals surface area contributed by atoms with E-state index in [1.165, 1.54) is 51.4 Å². The molecule has 0 aliphatic rings. The molecule has 0 aromatic carbocycles. The van der Waals surface area contributed by atoms with Crippen LogP contribution in [0, 0.1) is 10.8 Å². The third-order valence-electron chi connectivity index (χ3n) is 2.95. The Morgan fingerprint density at radius 3 is 1.06 bits per heavy atom. The van der Waals surface area contributed by atoms with E-state index in [1.807, 2.05) is 0 Å². The Balaban J connectivity index is 2.98. The molecule has 0 saturated heterocycles. The summed E-state index contributed by atoms with van der Waals surface area (Å²) >= 11 is 0. The van der Waals surface area contributed by atoms with Crippen LogP contribution in [-0.2, 0) is 0 Å². The fraction of sp³-hybridized carbons (Fsp3) is 0.857. The Hall–Kier alpha value is -1.24. The maximum atomic E-state index is 6.63. The van der Waals surface area contributed by atoms with Gasteiger partial charge in [-0.15, -0.1) is 0 Å². The van der Waals surface area contributed by atoms with Gasteiger partial charge in [0.15, 0.2) is 0 Å². The van der Waals surface area contributed by atoms with E-state index in [0.29, 0.717) is 0 Å². The Morgan fingerprint density at radius 1 is 0.500 bits per heavy atom. The van der Waals surface area contributed by atoms with Gasteiger partial charge < -0.3 is 0 Å². The second-order valence-corrected chi connectivity index (χ2v) is 4.52. The van der Waals surface area contributed by atoms with E-state index in [0.717, 1.165) is 25.9 Å². The van der Waals surface area contributed by atoms with Crippen LogP contribution in [0.1, 0.15) is 64.2 Å². The second-order valence-electron chi connectivity index (χ2n) is 4.52. The summed E-state index contributed by atoms with van der Waals surface area (Å²) in [4.78, 5) is 7.51. The van der Waals surface area contributed by atoms with Crippen molar-refractivity contribution in [3.8, 4) is 0 Å². The average molecular weight is 250 g/mol. The van der Waals surface area contributed by atoms with Crippen molar-refractivity contribution >= 4 is 12.0 Å². The molecule has 2 N–H and O–H groups in total. The van der Waals surface area contributed by atoms with Crippen LogP contribution in [0.4, 0.5) is 0 Å². The number of hydrogen-bond donors (Lipinski definition) is 2. The van der Waals surface area contributed by atoms with Crippen LogP contribution in [-0.4, -0.2) is 25.1 Å². The Bertz CT molecular complexity index is 235. The molecule has 0 aliphatic carbocycles. The van der Waals surface area contributed by atoms with Crippen molar-refractivity contribution < 1.29 is 0 Å². The van der Waals surface area contributed by atoms with Gasteiger partial charge in [-0.25, -0.2) is 20.8 Å². The molecule has 0 aromatic rings. The first kappa shape index (κ1) is 16.8. The van der Waals surface area contributed by atoms with Crippen LogP contribution >= 0.6 is 0 Å². The van der Waals surface area contributed by atoms with Gasteiger partial charge in [-0.3, -0.25) is 0 Å². The summed E-state index contributed by atoms with van der Waals surface area (Å²) in [5.74, 6) is 0. The predicted octanol–water partition coefficient (Wildman–Crippen LogP) is 4.39. The van der Waals surface area contributed by atoms with Crippen molar-refractivity contribution in [1.82, 2.24) is 0 Å². The minimum absolute atomic E-state index is 0.766. The van der Waals surface area contributed by atoms with Crippen molar-refractivity contribution in [2.45, 2.75) is 64.2 Å². The maximum Gasteiger partial charge on any atom is 0.0861 e. The normalized spacial score (nSPS) is 9.56. The molecule has 0 atom stereocenters. The highest BCUT2D eigenvalue weighted by Gasteiger charge is 1.92. The number of unbranched alkanes of at least 4 members (excludes halogenated alkanes) is 9. The van der Waals surface area contributed by atoms with Crippen molar-refractivity contribution in [3.63, 3.8) is 0 Å². The smallest absolute Gasteiger partial charge is 0.0861 e. The minimum atomic E-state index is 0.766. The number of nitrogens with zero attached hydrogens (tertiary/aromatic N) is 2. The Kier molecular flexibility index (Phi) is 14.7. The van der Waals surface area contributed by atoms with Gasteiger partial charge >= 0.3 is 0 Å². The molecule has 0 amide bonds. The molecule has 102 valence electrons. The fourth-order valence-corrected chi connectivity index (χ4v) is 1.91. The summed E-state index contributed by atoms with van der Waals surface area (Å²) in [6.07, 6.45) is 12.6. The van der Waals surface area contributed by atoms with Gasteiger partial charge in [-0.05, 0) is 12.8 Å². The predicted molar refractivity (Wildman–Crippen MR) is 76.2 cm³/mol. The minimum Gasteiger partial charge on any atom is -0.242 e. The first-order chi connectivity index (χ1) is 8.91. The van der Waals surface area contributed by atoms with Gasteiger partial charge in [-0.1, -0.05) is 51.4 Å². The van der Waals surface area contributed by atoms with Crippen LogP contribution < -0.4 is 0 Å². The molecular weight excluding hydrogens is 224 g/mol. The highest BCUT2D eigenvalue weighted by molar-refractivity contribution is 5.35. The van der Waals surface area contributed by atoms with Gasteiger partial charge in [0.2, 0.25) is 0 Å². The molecule has 18 heavy (non-hydrogen) atoms. The topological polar surface area (TPSA) is 72.4 Å². The van der Waals surface area contributed by atoms with E-state index in [1.54, 1.807) is 0 Å². The quantitative estimate of drug-likeness (QED) is 0.359. The number of nitrogens with one attached hydrogen (secondary N) is 2. The molecule has 0 spiro atoms. The molecule has 0 aromatic heterocycles. The van der Waals surface area contributed by atoms with Crippen LogP contribution in [0.15, 0.2) is 9.98 Å². The van der Waals surface area contributed by atoms with Crippen molar-refractivity contribution in [2.75, 3.05) is 13.1 Å². The standard InChI is InChI=1S/C14H26N4/c15-13-17-11-9-7-5-3-1-2-4-6-8-10-12-18-14-16/h15-16H,1-12H2. The lowest BCUT2D eigenvalue weighted by molar-refractivity contribution is 0.555. The lowest BCUT2D eigenvalue weighted by Crippen LogP contribution is -1.85. The third-order valence-corrected chi connectivity index (χ3v) is 2.95. The van der Waals surface area contributed by atoms with Crippen LogP contribution in [0.3, 0.4) is 0 Å². The van der Waals surface area contributed by atoms with Gasteiger partial charge in [0.05, 0.1) is 12.0 Å². The molecule has 0 saturated carbocycles. The summed E-state index contributed by atoms with van der Waals surface area (Å²) < 4.78 is 0. The highest BCUT2D eigenvalue weighted by atomic mass is 14.7. The average Bonchev–Trinajstić information content (AvgIpc) is 2.39. The number of aliphatic imine (C=N–C) groups is 2. The molecule has 4 nitrogen and oxygen atoms in total. The first-order valence-electron chi connectivity index (χ1n) is 7.08. The maximum absolute atomic E-state index is 6.63. The van der Waals surface area contributed by atoms with E-state index < -0.39 is 0 Å². The first-order valence-corrected chi connectivity index (χ1v) is 7.08. The largest absolute Gasteiger partial charge is 0.242 e. The van der Waals surface area contributed by atoms with E-state index in [-0.39, 0.29) is 0 Å². The molecule has 0 bridgehead atoms. The highest BCUT2D eigenvalue weighted by Crippen LogP contribution is 2.10. The fourth-order valence-electron chi connectivity index (χ4n) is 1.91. The van der Waals surface area contributed by atoms with E-state index >= 15 is 0 Å². The zero-order valence-electron chi connectivity index (χ0n) is 11.4. The van der Waals surface area contributed by atoms with Crippen LogP contribution in [0.2, 0.25) is 0 Å². The molecule has 0 radical (unpaired) electrons. The molecule has 4 heteroatoms. The SMILES string of the molecule is N=C=NCCCCCCCCCCCCN=C=N. The van der Waals surface area contributed by atoms with Gasteiger partial charge in [0, 0.05) is 13.1 Å². The lowest BCUT2D eigenvalue weighted by atomic mass is 10.1. The Morgan fingerprint density at radius 2 is 0.778 bits per heavy atom. The van der Waals surface area contributed by atoms with Gasteiger partial charge in [-0.2, -0.15) is 0 Å². The summed E-state index contributed by atoms with van der Waals surface area (Å²) in [5, 5.41) is 13.3. The lowest BCUT2D eigenvalue weighted by Gasteiger charge is -2.01. The summed E-state index contributed by atoms with van der Waals surface area (Å²) in [7, 11) is 0. The molecule has 0 heterocycles.